The number of ether oxygens (including phenoxy) is 1. The molecule has 0 spiro atoms. The molecule has 3 unspecified atom stereocenters. The van der Waals surface area contributed by atoms with Crippen LogP contribution < -0.4 is 0 Å². The third-order valence-corrected chi connectivity index (χ3v) is 8.76. The van der Waals surface area contributed by atoms with Crippen LogP contribution in [0.2, 0.25) is 0 Å². The maximum absolute atomic E-state index is 14.3. The van der Waals surface area contributed by atoms with Crippen molar-refractivity contribution in [2.75, 3.05) is 20.2 Å². The predicted molar refractivity (Wildman–Crippen MR) is 158 cm³/mol. The minimum absolute atomic E-state index is 0.166. The van der Waals surface area contributed by atoms with Gasteiger partial charge in [0.25, 0.3) is 0 Å². The molecule has 0 radical (unpaired) electrons. The van der Waals surface area contributed by atoms with Crippen molar-refractivity contribution in [3.05, 3.63) is 102 Å². The van der Waals surface area contributed by atoms with E-state index in [1.165, 1.54) is 16.9 Å². The van der Waals surface area contributed by atoms with Crippen LogP contribution in [0.1, 0.15) is 18.1 Å². The molecule has 3 heterocycles. The Labute approximate surface area is 249 Å². The SMILES string of the molecule is COC(=O)CN1C(=O)C2C(C=Cc3ccccc3)N3C(=O)CN(Cc4ccc(-c5ccccc5)cc4)C(=O)[C@@]3(C)C2C1=O. The van der Waals surface area contributed by atoms with Crippen molar-refractivity contribution in [1.29, 1.82) is 0 Å². The van der Waals surface area contributed by atoms with Gasteiger partial charge in [0.05, 0.1) is 25.0 Å². The van der Waals surface area contributed by atoms with Gasteiger partial charge in [-0.3, -0.25) is 28.9 Å². The summed E-state index contributed by atoms with van der Waals surface area (Å²) in [6.45, 7) is 1.00. The van der Waals surface area contributed by atoms with E-state index in [4.69, 9.17) is 4.74 Å². The van der Waals surface area contributed by atoms with Crippen molar-refractivity contribution in [2.24, 2.45) is 11.8 Å². The lowest BCUT2D eigenvalue weighted by molar-refractivity contribution is -0.167. The van der Waals surface area contributed by atoms with E-state index in [1.807, 2.05) is 84.9 Å². The number of benzene rings is 3. The Morgan fingerprint density at radius 3 is 2.16 bits per heavy atom. The molecule has 3 aromatic carbocycles. The summed E-state index contributed by atoms with van der Waals surface area (Å²) in [5, 5.41) is 0. The van der Waals surface area contributed by atoms with Crippen LogP contribution in [0.4, 0.5) is 0 Å². The highest BCUT2D eigenvalue weighted by atomic mass is 16.5. The summed E-state index contributed by atoms with van der Waals surface area (Å²) in [6, 6.07) is 26.2. The third kappa shape index (κ3) is 4.70. The number of hydrogen-bond acceptors (Lipinski definition) is 6. The maximum atomic E-state index is 14.3. The molecule has 3 aromatic rings. The molecule has 6 rings (SSSR count). The van der Waals surface area contributed by atoms with E-state index >= 15 is 0 Å². The second kappa shape index (κ2) is 11.0. The van der Waals surface area contributed by atoms with E-state index in [9.17, 15) is 24.0 Å². The van der Waals surface area contributed by atoms with E-state index < -0.39 is 53.7 Å². The van der Waals surface area contributed by atoms with Gasteiger partial charge in [-0.1, -0.05) is 97.1 Å². The van der Waals surface area contributed by atoms with Gasteiger partial charge in [-0.2, -0.15) is 0 Å². The number of amides is 4. The van der Waals surface area contributed by atoms with Gasteiger partial charge < -0.3 is 14.5 Å². The van der Waals surface area contributed by atoms with Crippen molar-refractivity contribution in [3.8, 4) is 11.1 Å². The molecule has 218 valence electrons. The molecule has 3 saturated heterocycles. The molecule has 4 atom stereocenters. The van der Waals surface area contributed by atoms with E-state index in [0.29, 0.717) is 0 Å². The number of fused-ring (bicyclic) bond motifs is 3. The van der Waals surface area contributed by atoms with E-state index in [-0.39, 0.29) is 19.0 Å². The standard InChI is InChI=1S/C34H31N3O6/c1-34-30-29(31(40)36(32(30)41)21-28(39)43-2)26(18-15-22-9-5-3-6-10-22)37(34)27(38)20-35(33(34)42)19-23-13-16-25(17-14-23)24-11-7-4-8-12-24/h3-18,26,29-30H,19-21H2,1-2H3/t26?,29?,30?,34-/m1/s1. The highest BCUT2D eigenvalue weighted by Crippen LogP contribution is 2.51. The third-order valence-electron chi connectivity index (χ3n) is 8.76. The highest BCUT2D eigenvalue weighted by molar-refractivity contribution is 6.13. The molecule has 43 heavy (non-hydrogen) atoms. The van der Waals surface area contributed by atoms with Crippen LogP contribution in [-0.4, -0.2) is 76.1 Å². The number of esters is 1. The molecule has 4 amide bonds. The summed E-state index contributed by atoms with van der Waals surface area (Å²) in [5.41, 5.74) is 2.14. The van der Waals surface area contributed by atoms with E-state index in [0.717, 1.165) is 27.2 Å². The zero-order valence-electron chi connectivity index (χ0n) is 23.9. The van der Waals surface area contributed by atoms with Crippen molar-refractivity contribution < 1.29 is 28.7 Å². The van der Waals surface area contributed by atoms with E-state index in [2.05, 4.69) is 0 Å². The largest absolute Gasteiger partial charge is 0.468 e. The van der Waals surface area contributed by atoms with Gasteiger partial charge in [0.1, 0.15) is 18.6 Å². The topological polar surface area (TPSA) is 104 Å². The van der Waals surface area contributed by atoms with Crippen LogP contribution in [0, 0.1) is 11.8 Å². The monoisotopic (exact) mass is 577 g/mol. The Morgan fingerprint density at radius 1 is 0.884 bits per heavy atom. The molecule has 0 N–H and O–H groups in total. The van der Waals surface area contributed by atoms with Crippen molar-refractivity contribution in [2.45, 2.75) is 25.0 Å². The average molecular weight is 578 g/mol. The number of carbonyl (C=O) groups excluding carboxylic acids is 5. The van der Waals surface area contributed by atoms with Gasteiger partial charge in [-0.15, -0.1) is 0 Å². The quantitative estimate of drug-likeness (QED) is 0.316. The second-order valence-corrected chi connectivity index (χ2v) is 11.2. The zero-order chi connectivity index (χ0) is 30.3. The summed E-state index contributed by atoms with van der Waals surface area (Å²) in [5.74, 6) is -4.91. The second-order valence-electron chi connectivity index (χ2n) is 11.2. The number of likely N-dealkylation sites (tertiary alicyclic amines) is 1. The first-order chi connectivity index (χ1) is 20.7. The van der Waals surface area contributed by atoms with Gasteiger partial charge in [0.2, 0.25) is 23.6 Å². The van der Waals surface area contributed by atoms with Crippen LogP contribution in [-0.2, 0) is 35.3 Å². The minimum atomic E-state index is -1.62. The number of methoxy groups -OCH3 is 1. The molecule has 0 aliphatic carbocycles. The molecule has 3 aliphatic heterocycles. The smallest absolute Gasteiger partial charge is 0.325 e. The average Bonchev–Trinajstić information content (AvgIpc) is 3.45. The Morgan fingerprint density at radius 2 is 1.51 bits per heavy atom. The van der Waals surface area contributed by atoms with Crippen LogP contribution in [0.15, 0.2) is 91.0 Å². The summed E-state index contributed by atoms with van der Waals surface area (Å²) in [4.78, 5) is 71.4. The summed E-state index contributed by atoms with van der Waals surface area (Å²) >= 11 is 0. The highest BCUT2D eigenvalue weighted by Gasteiger charge is 2.72. The Hall–Kier alpha value is -5.05. The zero-order valence-corrected chi connectivity index (χ0v) is 23.9. The molecule has 9 heteroatoms. The fourth-order valence-corrected chi connectivity index (χ4v) is 6.71. The Kier molecular flexibility index (Phi) is 7.17. The number of carbonyl (C=O) groups is 5. The molecule has 0 saturated carbocycles. The Bertz CT molecular complexity index is 1620. The normalized spacial score (nSPS) is 25.0. The van der Waals surface area contributed by atoms with E-state index in [1.54, 1.807) is 19.1 Å². The molecular formula is C34H31N3O6. The predicted octanol–water partition coefficient (Wildman–Crippen LogP) is 3.15. The van der Waals surface area contributed by atoms with Gasteiger partial charge in [0.15, 0.2) is 0 Å². The van der Waals surface area contributed by atoms with Gasteiger partial charge in [0, 0.05) is 6.54 Å². The molecule has 3 fully saturated rings. The summed E-state index contributed by atoms with van der Waals surface area (Å²) in [6.07, 6.45) is 3.50. The van der Waals surface area contributed by atoms with Crippen LogP contribution in [0.3, 0.4) is 0 Å². The Balaban J connectivity index is 1.34. The first-order valence-electron chi connectivity index (χ1n) is 14.1. The molecule has 9 nitrogen and oxygen atoms in total. The molecule has 0 aromatic heterocycles. The van der Waals surface area contributed by atoms with Gasteiger partial charge >= 0.3 is 5.97 Å². The molecular weight excluding hydrogens is 546 g/mol. The lowest BCUT2D eigenvalue weighted by atomic mass is 9.79. The summed E-state index contributed by atoms with van der Waals surface area (Å²) < 4.78 is 4.71. The molecule has 0 bridgehead atoms. The maximum Gasteiger partial charge on any atom is 0.325 e. The number of nitrogens with zero attached hydrogens (tertiary/aromatic N) is 3. The van der Waals surface area contributed by atoms with Gasteiger partial charge in [-0.05, 0) is 29.2 Å². The van der Waals surface area contributed by atoms with Gasteiger partial charge in [-0.25, -0.2) is 0 Å². The summed E-state index contributed by atoms with van der Waals surface area (Å²) in [7, 11) is 1.18. The van der Waals surface area contributed by atoms with Crippen molar-refractivity contribution >= 4 is 35.7 Å². The molecule has 3 aliphatic rings. The first-order valence-corrected chi connectivity index (χ1v) is 14.1. The number of imide groups is 1. The first kappa shape index (κ1) is 28.1. The number of hydrogen-bond donors (Lipinski definition) is 0. The van der Waals surface area contributed by atoms with Crippen LogP contribution in [0.5, 0.6) is 0 Å². The number of rotatable bonds is 7. The minimum Gasteiger partial charge on any atom is -0.468 e. The van der Waals surface area contributed by atoms with Crippen LogP contribution in [0.25, 0.3) is 17.2 Å². The van der Waals surface area contributed by atoms with Crippen LogP contribution >= 0.6 is 0 Å². The van der Waals surface area contributed by atoms with Crippen molar-refractivity contribution in [3.63, 3.8) is 0 Å². The lowest BCUT2D eigenvalue weighted by Gasteiger charge is -2.46. The fourth-order valence-electron chi connectivity index (χ4n) is 6.71. The fraction of sp³-hybridized carbons (Fsp3) is 0.265. The lowest BCUT2D eigenvalue weighted by Crippen LogP contribution is -2.68. The van der Waals surface area contributed by atoms with Crippen molar-refractivity contribution in [1.82, 2.24) is 14.7 Å². The number of piperazine rings is 1.